The van der Waals surface area contributed by atoms with Gasteiger partial charge < -0.3 is 14.8 Å². The summed E-state index contributed by atoms with van der Waals surface area (Å²) >= 11 is 6.25. The van der Waals surface area contributed by atoms with Crippen LogP contribution < -0.4 is 14.8 Å². The molecule has 3 nitrogen and oxygen atoms in total. The van der Waals surface area contributed by atoms with E-state index in [9.17, 15) is 4.39 Å². The average Bonchev–Trinajstić information content (AvgIpc) is 2.73. The van der Waals surface area contributed by atoms with Crippen LogP contribution in [0.25, 0.3) is 0 Å². The molecule has 0 atom stereocenters. The predicted octanol–water partition coefficient (Wildman–Crippen LogP) is 5.79. The maximum Gasteiger partial charge on any atom is 0.166 e. The van der Waals surface area contributed by atoms with E-state index >= 15 is 0 Å². The maximum atomic E-state index is 13.8. The molecule has 1 N–H and O–H groups in total. The Labute approximate surface area is 176 Å². The Hall–Kier alpha value is -2.56. The summed E-state index contributed by atoms with van der Waals surface area (Å²) in [6, 6.07) is 20.3. The summed E-state index contributed by atoms with van der Waals surface area (Å²) in [5.74, 6) is 1.23. The number of ether oxygens (including phenoxy) is 2. The van der Waals surface area contributed by atoms with Gasteiger partial charge in [0.2, 0.25) is 0 Å². The molecule has 0 aromatic heterocycles. The third-order valence-corrected chi connectivity index (χ3v) is 4.90. The van der Waals surface area contributed by atoms with Crippen molar-refractivity contribution in [3.05, 3.63) is 94.3 Å². The van der Waals surface area contributed by atoms with E-state index in [1.54, 1.807) is 6.07 Å². The van der Waals surface area contributed by atoms with E-state index in [0.717, 1.165) is 11.1 Å². The molecular formula is C24H25ClFNO2. The Bertz CT molecular complexity index is 932. The summed E-state index contributed by atoms with van der Waals surface area (Å²) in [7, 11) is 0. The van der Waals surface area contributed by atoms with Crippen molar-refractivity contribution in [1.82, 2.24) is 5.32 Å². The summed E-state index contributed by atoms with van der Waals surface area (Å²) in [5.41, 5.74) is 2.61. The van der Waals surface area contributed by atoms with Gasteiger partial charge in [0.1, 0.15) is 12.4 Å². The molecule has 3 aromatic carbocycles. The van der Waals surface area contributed by atoms with Crippen LogP contribution in [-0.2, 0) is 19.6 Å². The lowest BCUT2D eigenvalue weighted by atomic mass is 10.1. The van der Waals surface area contributed by atoms with Crippen molar-refractivity contribution in [2.45, 2.75) is 26.5 Å². The molecule has 3 aromatic rings. The van der Waals surface area contributed by atoms with Crippen molar-refractivity contribution in [3.63, 3.8) is 0 Å². The molecule has 0 spiro atoms. The second-order valence-corrected chi connectivity index (χ2v) is 6.98. The second-order valence-electron chi connectivity index (χ2n) is 6.58. The van der Waals surface area contributed by atoms with Crippen LogP contribution in [0.2, 0.25) is 5.02 Å². The highest BCUT2D eigenvalue weighted by molar-refractivity contribution is 6.31. The molecule has 0 saturated heterocycles. The first kappa shape index (κ1) is 21.2. The fraction of sp³-hybridized carbons (Fsp3) is 0.250. The number of halogens is 2. The Balaban J connectivity index is 1.66. The Morgan fingerprint density at radius 2 is 1.59 bits per heavy atom. The molecular weight excluding hydrogens is 389 g/mol. The van der Waals surface area contributed by atoms with Crippen LogP contribution in [-0.4, -0.2) is 13.2 Å². The molecule has 0 aliphatic carbocycles. The van der Waals surface area contributed by atoms with Crippen molar-refractivity contribution < 1.29 is 13.9 Å². The molecule has 0 radical (unpaired) electrons. The van der Waals surface area contributed by atoms with Gasteiger partial charge in [0.25, 0.3) is 0 Å². The molecule has 0 fully saturated rings. The lowest BCUT2D eigenvalue weighted by Crippen LogP contribution is -2.18. The zero-order valence-corrected chi connectivity index (χ0v) is 17.2. The van der Waals surface area contributed by atoms with Gasteiger partial charge in [-0.05, 0) is 43.7 Å². The van der Waals surface area contributed by atoms with Gasteiger partial charge in [-0.1, -0.05) is 60.1 Å². The fourth-order valence-corrected chi connectivity index (χ4v) is 3.24. The van der Waals surface area contributed by atoms with E-state index < -0.39 is 0 Å². The zero-order valence-electron chi connectivity index (χ0n) is 16.5. The fourth-order valence-electron chi connectivity index (χ4n) is 3.05. The smallest absolute Gasteiger partial charge is 0.166 e. The SMILES string of the molecule is CCOc1cccc(CNCCc2ccccc2F)c1OCc1ccccc1Cl. The van der Waals surface area contributed by atoms with Gasteiger partial charge >= 0.3 is 0 Å². The summed E-state index contributed by atoms with van der Waals surface area (Å²) in [4.78, 5) is 0. The summed E-state index contributed by atoms with van der Waals surface area (Å²) in [6.45, 7) is 4.09. The first-order valence-electron chi connectivity index (χ1n) is 9.74. The van der Waals surface area contributed by atoms with Crippen LogP contribution in [0.4, 0.5) is 4.39 Å². The van der Waals surface area contributed by atoms with E-state index in [-0.39, 0.29) is 5.82 Å². The van der Waals surface area contributed by atoms with E-state index in [1.807, 2.05) is 61.5 Å². The molecule has 29 heavy (non-hydrogen) atoms. The molecule has 152 valence electrons. The van der Waals surface area contributed by atoms with Crippen LogP contribution in [0.1, 0.15) is 23.6 Å². The van der Waals surface area contributed by atoms with Gasteiger partial charge in [-0.15, -0.1) is 0 Å². The molecule has 0 bridgehead atoms. The van der Waals surface area contributed by atoms with E-state index in [0.29, 0.717) is 54.8 Å². The molecule has 0 unspecified atom stereocenters. The van der Waals surface area contributed by atoms with Crippen LogP contribution in [0.5, 0.6) is 11.5 Å². The summed E-state index contributed by atoms with van der Waals surface area (Å²) in [5, 5.41) is 4.04. The summed E-state index contributed by atoms with van der Waals surface area (Å²) < 4.78 is 25.6. The first-order chi connectivity index (χ1) is 14.2. The van der Waals surface area contributed by atoms with Crippen molar-refractivity contribution >= 4 is 11.6 Å². The maximum absolute atomic E-state index is 13.8. The highest BCUT2D eigenvalue weighted by atomic mass is 35.5. The topological polar surface area (TPSA) is 30.5 Å². The van der Waals surface area contributed by atoms with Gasteiger partial charge in [0.15, 0.2) is 11.5 Å². The molecule has 0 aliphatic rings. The first-order valence-corrected chi connectivity index (χ1v) is 10.1. The minimum Gasteiger partial charge on any atom is -0.490 e. The molecule has 0 heterocycles. The minimum atomic E-state index is -0.170. The number of hydrogen-bond acceptors (Lipinski definition) is 3. The molecule has 0 aliphatic heterocycles. The summed E-state index contributed by atoms with van der Waals surface area (Å²) in [6.07, 6.45) is 0.619. The number of hydrogen-bond donors (Lipinski definition) is 1. The van der Waals surface area contributed by atoms with Crippen LogP contribution in [0.15, 0.2) is 66.7 Å². The average molecular weight is 414 g/mol. The Morgan fingerprint density at radius 3 is 2.34 bits per heavy atom. The number of benzene rings is 3. The quantitative estimate of drug-likeness (QED) is 0.427. The highest BCUT2D eigenvalue weighted by Crippen LogP contribution is 2.32. The second kappa shape index (κ2) is 10.8. The predicted molar refractivity (Wildman–Crippen MR) is 115 cm³/mol. The third-order valence-electron chi connectivity index (χ3n) is 4.53. The standard InChI is InChI=1S/C24H25ClFNO2/c1-2-28-23-13-7-10-19(16-27-15-14-18-8-4-6-12-22(18)26)24(23)29-17-20-9-3-5-11-21(20)25/h3-13,27H,2,14-17H2,1H3. The molecule has 0 saturated carbocycles. The van der Waals surface area contributed by atoms with E-state index in [2.05, 4.69) is 5.32 Å². The molecule has 0 amide bonds. The minimum absolute atomic E-state index is 0.170. The van der Waals surface area contributed by atoms with Gasteiger partial charge in [0, 0.05) is 22.7 Å². The normalized spacial score (nSPS) is 10.7. The van der Waals surface area contributed by atoms with E-state index in [1.165, 1.54) is 6.07 Å². The number of para-hydroxylation sites is 1. The van der Waals surface area contributed by atoms with Crippen molar-refractivity contribution in [3.8, 4) is 11.5 Å². The van der Waals surface area contributed by atoms with Gasteiger partial charge in [0.05, 0.1) is 6.61 Å². The zero-order chi connectivity index (χ0) is 20.5. The molecule has 5 heteroatoms. The Kier molecular flexibility index (Phi) is 7.91. The van der Waals surface area contributed by atoms with Crippen molar-refractivity contribution in [2.75, 3.05) is 13.2 Å². The largest absolute Gasteiger partial charge is 0.490 e. The van der Waals surface area contributed by atoms with Crippen LogP contribution in [0.3, 0.4) is 0 Å². The van der Waals surface area contributed by atoms with Crippen molar-refractivity contribution in [1.29, 1.82) is 0 Å². The highest BCUT2D eigenvalue weighted by Gasteiger charge is 2.12. The van der Waals surface area contributed by atoms with Crippen molar-refractivity contribution in [2.24, 2.45) is 0 Å². The van der Waals surface area contributed by atoms with Crippen LogP contribution >= 0.6 is 11.6 Å². The van der Waals surface area contributed by atoms with Gasteiger partial charge in [-0.3, -0.25) is 0 Å². The number of nitrogens with one attached hydrogen (secondary N) is 1. The van der Waals surface area contributed by atoms with Gasteiger partial charge in [-0.2, -0.15) is 0 Å². The lowest BCUT2D eigenvalue weighted by Gasteiger charge is -2.17. The van der Waals surface area contributed by atoms with Gasteiger partial charge in [-0.25, -0.2) is 4.39 Å². The molecule has 3 rings (SSSR count). The number of rotatable bonds is 10. The monoisotopic (exact) mass is 413 g/mol. The van der Waals surface area contributed by atoms with E-state index in [4.69, 9.17) is 21.1 Å². The Morgan fingerprint density at radius 1 is 0.862 bits per heavy atom. The van der Waals surface area contributed by atoms with Crippen LogP contribution in [0, 0.1) is 5.82 Å². The third kappa shape index (κ3) is 5.96. The lowest BCUT2D eigenvalue weighted by molar-refractivity contribution is 0.266.